The highest BCUT2D eigenvalue weighted by Crippen LogP contribution is 2.21. The summed E-state index contributed by atoms with van der Waals surface area (Å²) in [6.07, 6.45) is 3.99. The SMILES string of the molecule is C=N/C(=C\C=N/CCl)Cc1ccc(N)c(Cl)c1.CC. The standard InChI is InChI=1S/C12H13Cl2N3.C2H6/c1-16-10(4-5-17-8-13)6-9-2-3-12(15)11(14)7-9;1-2/h2-5,7H,1,6,8,15H2;1-2H3/b10-4-,17-5-;. The maximum Gasteiger partial charge on any atom is 0.113 e. The van der Waals surface area contributed by atoms with Crippen molar-refractivity contribution < 1.29 is 0 Å². The van der Waals surface area contributed by atoms with Gasteiger partial charge in [-0.15, -0.1) is 11.6 Å². The van der Waals surface area contributed by atoms with Crippen LogP contribution in [0.1, 0.15) is 19.4 Å². The summed E-state index contributed by atoms with van der Waals surface area (Å²) < 4.78 is 0. The Kier molecular flexibility index (Phi) is 9.85. The maximum absolute atomic E-state index is 5.93. The van der Waals surface area contributed by atoms with Crippen LogP contribution in [0.4, 0.5) is 5.69 Å². The molecule has 0 radical (unpaired) electrons. The third-order valence-corrected chi connectivity index (χ3v) is 2.56. The number of hydrogen-bond donors (Lipinski definition) is 1. The Bertz CT molecular complexity index is 454. The molecule has 0 atom stereocenters. The minimum Gasteiger partial charge on any atom is -0.398 e. The van der Waals surface area contributed by atoms with E-state index in [2.05, 4.69) is 16.7 Å². The van der Waals surface area contributed by atoms with Gasteiger partial charge < -0.3 is 5.73 Å². The number of hydrogen-bond acceptors (Lipinski definition) is 3. The quantitative estimate of drug-likeness (QED) is 0.374. The second kappa shape index (κ2) is 10.6. The van der Waals surface area contributed by atoms with Crippen LogP contribution in [0.15, 0.2) is 40.0 Å². The van der Waals surface area contributed by atoms with Gasteiger partial charge in [-0.3, -0.25) is 9.98 Å². The number of benzene rings is 1. The van der Waals surface area contributed by atoms with Crippen molar-refractivity contribution in [1.29, 1.82) is 0 Å². The van der Waals surface area contributed by atoms with E-state index >= 15 is 0 Å². The van der Waals surface area contributed by atoms with Gasteiger partial charge in [-0.25, -0.2) is 0 Å². The number of allylic oxidation sites excluding steroid dienone is 2. The van der Waals surface area contributed by atoms with Crippen LogP contribution >= 0.6 is 23.2 Å². The lowest BCUT2D eigenvalue weighted by atomic mass is 10.1. The van der Waals surface area contributed by atoms with Crippen molar-refractivity contribution in [3.8, 4) is 0 Å². The predicted molar refractivity (Wildman–Crippen MR) is 87.8 cm³/mol. The highest BCUT2D eigenvalue weighted by molar-refractivity contribution is 6.33. The van der Waals surface area contributed by atoms with E-state index in [9.17, 15) is 0 Å². The van der Waals surface area contributed by atoms with Crippen molar-refractivity contribution in [3.63, 3.8) is 0 Å². The predicted octanol–water partition coefficient (Wildman–Crippen LogP) is 4.34. The van der Waals surface area contributed by atoms with Gasteiger partial charge in [-0.1, -0.05) is 31.5 Å². The molecule has 0 fully saturated rings. The number of nitrogens with two attached hydrogens (primary N) is 1. The second-order valence-electron chi connectivity index (χ2n) is 3.30. The molecule has 1 aromatic rings. The number of rotatable bonds is 5. The van der Waals surface area contributed by atoms with E-state index in [-0.39, 0.29) is 6.00 Å². The average Bonchev–Trinajstić information content (AvgIpc) is 2.44. The zero-order valence-electron chi connectivity index (χ0n) is 11.2. The highest BCUT2D eigenvalue weighted by Gasteiger charge is 2.00. The van der Waals surface area contributed by atoms with Gasteiger partial charge in [0.2, 0.25) is 0 Å². The molecule has 0 aromatic heterocycles. The van der Waals surface area contributed by atoms with E-state index in [0.717, 1.165) is 11.3 Å². The summed E-state index contributed by atoms with van der Waals surface area (Å²) >= 11 is 11.4. The molecule has 0 amide bonds. The molecule has 0 heterocycles. The Morgan fingerprint density at radius 3 is 2.63 bits per heavy atom. The summed E-state index contributed by atoms with van der Waals surface area (Å²) in [5, 5.41) is 0.542. The van der Waals surface area contributed by atoms with Crippen LogP contribution in [0, 0.1) is 0 Å². The number of alkyl halides is 1. The molecule has 0 bridgehead atoms. The van der Waals surface area contributed by atoms with Crippen molar-refractivity contribution in [1.82, 2.24) is 0 Å². The Morgan fingerprint density at radius 1 is 1.42 bits per heavy atom. The van der Waals surface area contributed by atoms with Gasteiger partial charge in [0.25, 0.3) is 0 Å². The first-order valence-corrected chi connectivity index (χ1v) is 6.84. The van der Waals surface area contributed by atoms with Gasteiger partial charge in [-0.2, -0.15) is 0 Å². The van der Waals surface area contributed by atoms with E-state index in [1.165, 1.54) is 0 Å². The third kappa shape index (κ3) is 6.99. The van der Waals surface area contributed by atoms with Gasteiger partial charge >= 0.3 is 0 Å². The Labute approximate surface area is 124 Å². The molecule has 0 aliphatic carbocycles. The number of nitrogen functional groups attached to an aromatic ring is 1. The van der Waals surface area contributed by atoms with E-state index in [1.54, 1.807) is 18.4 Å². The number of nitrogens with zero attached hydrogens (tertiary/aromatic N) is 2. The first-order chi connectivity index (χ1) is 9.17. The average molecular weight is 300 g/mol. The van der Waals surface area contributed by atoms with Crippen LogP contribution in [-0.4, -0.2) is 18.9 Å². The van der Waals surface area contributed by atoms with Crippen molar-refractivity contribution in [2.45, 2.75) is 20.3 Å². The molecule has 0 saturated heterocycles. The Hall–Kier alpha value is -1.32. The van der Waals surface area contributed by atoms with Crippen molar-refractivity contribution in [2.75, 3.05) is 11.7 Å². The molecular formula is C14H19Cl2N3. The fraction of sp³-hybridized carbons (Fsp3) is 0.286. The minimum absolute atomic E-state index is 0.231. The molecule has 104 valence electrons. The lowest BCUT2D eigenvalue weighted by Crippen LogP contribution is -1.92. The van der Waals surface area contributed by atoms with Gasteiger partial charge in [0, 0.05) is 18.3 Å². The molecule has 0 saturated carbocycles. The zero-order chi connectivity index (χ0) is 14.7. The fourth-order valence-electron chi connectivity index (χ4n) is 1.24. The van der Waals surface area contributed by atoms with Gasteiger partial charge in [0.1, 0.15) is 6.00 Å². The smallest absolute Gasteiger partial charge is 0.113 e. The zero-order valence-corrected chi connectivity index (χ0v) is 12.7. The number of halogens is 2. The van der Waals surface area contributed by atoms with Gasteiger partial charge in [0.15, 0.2) is 0 Å². The highest BCUT2D eigenvalue weighted by atomic mass is 35.5. The van der Waals surface area contributed by atoms with Crippen molar-refractivity contribution >= 4 is 41.8 Å². The van der Waals surface area contributed by atoms with Crippen LogP contribution in [0.5, 0.6) is 0 Å². The lowest BCUT2D eigenvalue weighted by Gasteiger charge is -2.03. The Morgan fingerprint density at radius 2 is 2.11 bits per heavy atom. The summed E-state index contributed by atoms with van der Waals surface area (Å²) in [6.45, 7) is 7.51. The second-order valence-corrected chi connectivity index (χ2v) is 3.95. The minimum atomic E-state index is 0.231. The van der Waals surface area contributed by atoms with Gasteiger partial charge in [-0.05, 0) is 30.5 Å². The van der Waals surface area contributed by atoms with Crippen LogP contribution in [0.25, 0.3) is 0 Å². The monoisotopic (exact) mass is 299 g/mol. The number of aliphatic imine (C=N–C) groups is 2. The summed E-state index contributed by atoms with van der Waals surface area (Å²) in [5.74, 6) is 0. The molecule has 19 heavy (non-hydrogen) atoms. The van der Waals surface area contributed by atoms with Crippen molar-refractivity contribution in [3.05, 3.63) is 40.6 Å². The first kappa shape index (κ1) is 17.7. The molecule has 2 N–H and O–H groups in total. The lowest BCUT2D eigenvalue weighted by molar-refractivity contribution is 1.12. The van der Waals surface area contributed by atoms with Gasteiger partial charge in [0.05, 0.1) is 10.7 Å². The molecule has 0 aliphatic rings. The van der Waals surface area contributed by atoms with Crippen LogP contribution < -0.4 is 5.73 Å². The van der Waals surface area contributed by atoms with Crippen LogP contribution in [-0.2, 0) is 6.42 Å². The van der Waals surface area contributed by atoms with E-state index in [0.29, 0.717) is 17.1 Å². The number of anilines is 1. The maximum atomic E-state index is 5.93. The first-order valence-electron chi connectivity index (χ1n) is 5.93. The molecule has 0 aliphatic heterocycles. The third-order valence-electron chi connectivity index (χ3n) is 2.09. The van der Waals surface area contributed by atoms with E-state index < -0.39 is 0 Å². The summed E-state index contributed by atoms with van der Waals surface area (Å²) in [6, 6.07) is 5.72. The fourth-order valence-corrected chi connectivity index (χ4v) is 1.52. The van der Waals surface area contributed by atoms with E-state index in [4.69, 9.17) is 28.9 Å². The molecule has 1 rings (SSSR count). The molecular weight excluding hydrogens is 281 g/mol. The summed E-state index contributed by atoms with van der Waals surface area (Å²) in [7, 11) is 0. The van der Waals surface area contributed by atoms with Crippen LogP contribution in [0.3, 0.4) is 0 Å². The molecule has 5 heteroatoms. The molecule has 3 nitrogen and oxygen atoms in total. The van der Waals surface area contributed by atoms with Crippen molar-refractivity contribution in [2.24, 2.45) is 9.98 Å². The molecule has 0 spiro atoms. The normalized spacial score (nSPS) is 11.1. The molecule has 0 unspecified atom stereocenters. The molecule has 1 aromatic carbocycles. The van der Waals surface area contributed by atoms with Crippen LogP contribution in [0.2, 0.25) is 5.02 Å². The Balaban J connectivity index is 0.00000154. The van der Waals surface area contributed by atoms with E-state index in [1.807, 2.05) is 26.0 Å². The summed E-state index contributed by atoms with van der Waals surface area (Å²) in [4.78, 5) is 7.77. The largest absolute Gasteiger partial charge is 0.398 e. The summed E-state index contributed by atoms with van der Waals surface area (Å²) in [5.41, 5.74) is 8.01. The topological polar surface area (TPSA) is 50.7 Å².